The highest BCUT2D eigenvalue weighted by molar-refractivity contribution is 5.68. The van der Waals surface area contributed by atoms with Gasteiger partial charge in [0, 0.05) is 0 Å². The molecule has 0 amide bonds. The van der Waals surface area contributed by atoms with Gasteiger partial charge in [-0.15, -0.1) is 0 Å². The number of ether oxygens (including phenoxy) is 1. The number of rotatable bonds is 6. The molecule has 0 saturated heterocycles. The first-order chi connectivity index (χ1) is 10.1. The van der Waals surface area contributed by atoms with Gasteiger partial charge >= 0.3 is 5.97 Å². The van der Waals surface area contributed by atoms with Crippen molar-refractivity contribution in [1.29, 1.82) is 0 Å². The van der Waals surface area contributed by atoms with Crippen molar-refractivity contribution in [2.24, 2.45) is 0 Å². The molecule has 2 rings (SSSR count). The minimum absolute atomic E-state index is 0.0751. The Hall–Kier alpha value is -2.29. The van der Waals surface area contributed by atoms with Crippen LogP contribution in [0.2, 0.25) is 0 Å². The van der Waals surface area contributed by atoms with Gasteiger partial charge < -0.3 is 9.84 Å². The quantitative estimate of drug-likeness (QED) is 0.866. The number of hydrogen-bond donors (Lipinski definition) is 1. The van der Waals surface area contributed by atoms with Gasteiger partial charge in [0.25, 0.3) is 0 Å². The van der Waals surface area contributed by atoms with Crippen LogP contribution in [-0.2, 0) is 11.4 Å². The number of aliphatic carboxylic acids is 1. The molecule has 0 radical (unpaired) electrons. The molecule has 1 atom stereocenters. The topological polar surface area (TPSA) is 46.5 Å². The molecule has 1 unspecified atom stereocenters. The van der Waals surface area contributed by atoms with Gasteiger partial charge in [0.1, 0.15) is 12.4 Å². The Bertz CT molecular complexity index is 605. The second-order valence-electron chi connectivity index (χ2n) is 5.31. The van der Waals surface area contributed by atoms with E-state index in [1.807, 2.05) is 62.4 Å². The first-order valence-corrected chi connectivity index (χ1v) is 7.05. The number of benzene rings is 2. The Kier molecular flexibility index (Phi) is 4.99. The molecule has 0 saturated carbocycles. The lowest BCUT2D eigenvalue weighted by molar-refractivity contribution is -0.137. The Labute approximate surface area is 125 Å². The highest BCUT2D eigenvalue weighted by Crippen LogP contribution is 2.30. The Morgan fingerprint density at radius 2 is 1.90 bits per heavy atom. The smallest absolute Gasteiger partial charge is 0.303 e. The van der Waals surface area contributed by atoms with Gasteiger partial charge in [0.15, 0.2) is 0 Å². The minimum Gasteiger partial charge on any atom is -0.489 e. The molecule has 3 nitrogen and oxygen atoms in total. The second kappa shape index (κ2) is 6.93. The molecule has 0 aliphatic heterocycles. The maximum Gasteiger partial charge on any atom is 0.303 e. The van der Waals surface area contributed by atoms with Crippen LogP contribution in [0.15, 0.2) is 48.5 Å². The predicted molar refractivity (Wildman–Crippen MR) is 82.6 cm³/mol. The molecule has 2 aromatic carbocycles. The number of carboxylic acids is 1. The number of carboxylic acid groups (broad SMARTS) is 1. The Morgan fingerprint density at radius 1 is 1.19 bits per heavy atom. The molecule has 21 heavy (non-hydrogen) atoms. The van der Waals surface area contributed by atoms with Gasteiger partial charge in [0.05, 0.1) is 6.42 Å². The van der Waals surface area contributed by atoms with Gasteiger partial charge in [-0.25, -0.2) is 0 Å². The van der Waals surface area contributed by atoms with E-state index in [-0.39, 0.29) is 12.3 Å². The zero-order chi connectivity index (χ0) is 15.2. The van der Waals surface area contributed by atoms with Crippen LogP contribution >= 0.6 is 0 Å². The third-order valence-electron chi connectivity index (χ3n) is 3.42. The molecular weight excluding hydrogens is 264 g/mol. The average Bonchev–Trinajstić information content (AvgIpc) is 2.45. The summed E-state index contributed by atoms with van der Waals surface area (Å²) < 4.78 is 5.91. The minimum atomic E-state index is -0.794. The van der Waals surface area contributed by atoms with Crippen LogP contribution in [0.3, 0.4) is 0 Å². The first kappa shape index (κ1) is 15.1. The summed E-state index contributed by atoms with van der Waals surface area (Å²) in [6.45, 7) is 4.40. The van der Waals surface area contributed by atoms with Gasteiger partial charge in [-0.1, -0.05) is 49.4 Å². The van der Waals surface area contributed by atoms with Gasteiger partial charge in [-0.2, -0.15) is 0 Å². The summed E-state index contributed by atoms with van der Waals surface area (Å²) in [7, 11) is 0. The fourth-order valence-electron chi connectivity index (χ4n) is 2.28. The van der Waals surface area contributed by atoms with E-state index in [1.54, 1.807) is 0 Å². The molecule has 0 fully saturated rings. The molecule has 0 aliphatic carbocycles. The number of aryl methyl sites for hydroxylation is 1. The van der Waals surface area contributed by atoms with E-state index in [1.165, 1.54) is 0 Å². The largest absolute Gasteiger partial charge is 0.489 e. The third-order valence-corrected chi connectivity index (χ3v) is 3.42. The fourth-order valence-corrected chi connectivity index (χ4v) is 2.28. The standard InChI is InChI=1S/C18H20O3/c1-13-8-9-16(14(2)11-18(19)20)17(10-13)21-12-15-6-4-3-5-7-15/h3-10,14H,11-12H2,1-2H3,(H,19,20). The molecule has 0 aliphatic rings. The zero-order valence-corrected chi connectivity index (χ0v) is 12.4. The molecule has 2 aromatic rings. The number of hydrogen-bond acceptors (Lipinski definition) is 2. The highest BCUT2D eigenvalue weighted by atomic mass is 16.5. The van der Waals surface area contributed by atoms with Gasteiger partial charge in [-0.3, -0.25) is 4.79 Å². The summed E-state index contributed by atoms with van der Waals surface area (Å²) in [6, 6.07) is 15.9. The summed E-state index contributed by atoms with van der Waals surface area (Å²) in [5.74, 6) is -0.0986. The maximum atomic E-state index is 10.9. The monoisotopic (exact) mass is 284 g/mol. The van der Waals surface area contributed by atoms with Gasteiger partial charge in [-0.05, 0) is 35.6 Å². The SMILES string of the molecule is Cc1ccc(C(C)CC(=O)O)c(OCc2ccccc2)c1. The summed E-state index contributed by atoms with van der Waals surface area (Å²) in [5.41, 5.74) is 3.14. The molecular formula is C18H20O3. The molecule has 0 bridgehead atoms. The van der Waals surface area contributed by atoms with Crippen LogP contribution in [-0.4, -0.2) is 11.1 Å². The molecule has 0 heterocycles. The zero-order valence-electron chi connectivity index (χ0n) is 12.4. The van der Waals surface area contributed by atoms with Crippen LogP contribution in [0.25, 0.3) is 0 Å². The summed E-state index contributed by atoms with van der Waals surface area (Å²) in [5, 5.41) is 8.96. The van der Waals surface area contributed by atoms with Crippen LogP contribution in [0.1, 0.15) is 36.0 Å². The normalized spacial score (nSPS) is 11.9. The third kappa shape index (κ3) is 4.35. The van der Waals surface area contributed by atoms with Crippen molar-refractivity contribution in [2.75, 3.05) is 0 Å². The van der Waals surface area contributed by atoms with Crippen LogP contribution in [0.4, 0.5) is 0 Å². The lowest BCUT2D eigenvalue weighted by atomic mass is 9.96. The van der Waals surface area contributed by atoms with E-state index < -0.39 is 5.97 Å². The van der Waals surface area contributed by atoms with Crippen molar-refractivity contribution in [1.82, 2.24) is 0 Å². The summed E-state index contributed by atoms with van der Waals surface area (Å²) in [4.78, 5) is 10.9. The molecule has 3 heteroatoms. The van der Waals surface area contributed by atoms with Gasteiger partial charge in [0.2, 0.25) is 0 Å². The Morgan fingerprint density at radius 3 is 2.57 bits per heavy atom. The fraction of sp³-hybridized carbons (Fsp3) is 0.278. The van der Waals surface area contributed by atoms with Crippen LogP contribution in [0, 0.1) is 6.92 Å². The molecule has 1 N–H and O–H groups in total. The van der Waals surface area contributed by atoms with Crippen molar-refractivity contribution >= 4 is 5.97 Å². The average molecular weight is 284 g/mol. The lowest BCUT2D eigenvalue weighted by Gasteiger charge is -2.16. The van der Waals surface area contributed by atoms with E-state index in [0.717, 1.165) is 22.4 Å². The molecule has 0 spiro atoms. The molecule has 110 valence electrons. The van der Waals surface area contributed by atoms with Crippen molar-refractivity contribution in [3.05, 3.63) is 65.2 Å². The van der Waals surface area contributed by atoms with Crippen LogP contribution < -0.4 is 4.74 Å². The summed E-state index contributed by atoms with van der Waals surface area (Å²) >= 11 is 0. The van der Waals surface area contributed by atoms with Crippen LogP contribution in [0.5, 0.6) is 5.75 Å². The summed E-state index contributed by atoms with van der Waals surface area (Å²) in [6.07, 6.45) is 0.102. The van der Waals surface area contributed by atoms with E-state index in [4.69, 9.17) is 9.84 Å². The van der Waals surface area contributed by atoms with E-state index >= 15 is 0 Å². The van der Waals surface area contributed by atoms with E-state index in [2.05, 4.69) is 0 Å². The van der Waals surface area contributed by atoms with E-state index in [0.29, 0.717) is 6.61 Å². The predicted octanol–water partition coefficient (Wildman–Crippen LogP) is 4.15. The first-order valence-electron chi connectivity index (χ1n) is 7.05. The maximum absolute atomic E-state index is 10.9. The van der Waals surface area contributed by atoms with E-state index in [9.17, 15) is 4.79 Å². The molecule has 0 aromatic heterocycles. The number of carbonyl (C=O) groups is 1. The lowest BCUT2D eigenvalue weighted by Crippen LogP contribution is -2.06. The second-order valence-corrected chi connectivity index (χ2v) is 5.31. The van der Waals surface area contributed by atoms with Crippen molar-refractivity contribution in [3.63, 3.8) is 0 Å². The highest BCUT2D eigenvalue weighted by Gasteiger charge is 2.15. The van der Waals surface area contributed by atoms with Crippen molar-refractivity contribution in [2.45, 2.75) is 32.8 Å². The van der Waals surface area contributed by atoms with Crippen molar-refractivity contribution < 1.29 is 14.6 Å². The van der Waals surface area contributed by atoms with Crippen molar-refractivity contribution in [3.8, 4) is 5.75 Å². The Balaban J connectivity index is 2.17.